The van der Waals surface area contributed by atoms with Crippen LogP contribution in [0.2, 0.25) is 0 Å². The Kier molecular flexibility index (Phi) is 18.0. The van der Waals surface area contributed by atoms with Crippen LogP contribution in [0, 0.1) is 5.92 Å². The second-order valence-electron chi connectivity index (χ2n) is 14.8. The molecule has 7 N–H and O–H groups in total. The van der Waals surface area contributed by atoms with Gasteiger partial charge in [-0.05, 0) is 71.3 Å². The van der Waals surface area contributed by atoms with Crippen molar-refractivity contribution in [1.29, 1.82) is 0 Å². The Morgan fingerprint density at radius 3 is 1.89 bits per heavy atom. The summed E-state index contributed by atoms with van der Waals surface area (Å²) in [5, 5.41) is 12.1. The fourth-order valence-electron chi connectivity index (χ4n) is 6.76. The van der Waals surface area contributed by atoms with Crippen molar-refractivity contribution in [3.05, 3.63) is 121 Å². The number of nitrogens with one attached hydrogen (secondary N) is 3. The van der Waals surface area contributed by atoms with Gasteiger partial charge in [-0.1, -0.05) is 117 Å². The van der Waals surface area contributed by atoms with Gasteiger partial charge in [0.25, 0.3) is 5.91 Å². The highest BCUT2D eigenvalue weighted by molar-refractivity contribution is 6.10. The quantitative estimate of drug-likeness (QED) is 0.0184. The third kappa shape index (κ3) is 13.5. The van der Waals surface area contributed by atoms with E-state index in [-0.39, 0.29) is 56.9 Å². The van der Waals surface area contributed by atoms with Crippen molar-refractivity contribution in [3.8, 4) is 22.6 Å². The first-order valence-corrected chi connectivity index (χ1v) is 20.0. The fourth-order valence-corrected chi connectivity index (χ4v) is 6.76. The lowest BCUT2D eigenvalue weighted by Gasteiger charge is -2.25. The maximum Gasteiger partial charge on any atom is 0.328 e. The van der Waals surface area contributed by atoms with Gasteiger partial charge in [0.1, 0.15) is 42.8 Å². The molecular formula is C47H55ClN6O7. The Labute approximate surface area is 362 Å². The first-order valence-electron chi connectivity index (χ1n) is 20.0. The van der Waals surface area contributed by atoms with E-state index in [9.17, 15) is 19.2 Å². The normalized spacial score (nSPS) is 12.3. The van der Waals surface area contributed by atoms with E-state index in [2.05, 4.69) is 27.5 Å². The van der Waals surface area contributed by atoms with Crippen LogP contribution in [-0.4, -0.2) is 67.5 Å². The van der Waals surface area contributed by atoms with E-state index >= 15 is 0 Å². The number of nitrogens with zero attached hydrogens (tertiary/aromatic N) is 1. The molecule has 322 valence electrons. The van der Waals surface area contributed by atoms with Crippen LogP contribution >= 0.6 is 12.4 Å². The summed E-state index contributed by atoms with van der Waals surface area (Å²) in [7, 11) is 0. The number of guanidine groups is 1. The molecule has 3 amide bonds. The lowest BCUT2D eigenvalue weighted by molar-refractivity contribution is -0.148. The first-order chi connectivity index (χ1) is 28.9. The summed E-state index contributed by atoms with van der Waals surface area (Å²) in [6.45, 7) is 9.27. The number of carbonyl (C=O) groups excluding carboxylic acids is 4. The van der Waals surface area contributed by atoms with Crippen LogP contribution in [0.25, 0.3) is 32.7 Å². The largest absolute Gasteiger partial charge is 0.489 e. The molecule has 0 unspecified atom stereocenters. The number of rotatable bonds is 21. The number of halogens is 1. The summed E-state index contributed by atoms with van der Waals surface area (Å²) in [5.41, 5.74) is 13.3. The second kappa shape index (κ2) is 23.3. The van der Waals surface area contributed by atoms with Gasteiger partial charge in [-0.3, -0.25) is 19.4 Å². The monoisotopic (exact) mass is 850 g/mol. The number of aliphatic imine (C=N–C) groups is 1. The average molecular weight is 851 g/mol. The van der Waals surface area contributed by atoms with Gasteiger partial charge in [-0.25, -0.2) is 4.79 Å². The first kappa shape index (κ1) is 47.1. The van der Waals surface area contributed by atoms with Gasteiger partial charge in [-0.15, -0.1) is 12.4 Å². The molecule has 3 atom stereocenters. The molecule has 13 nitrogen and oxygen atoms in total. The maximum absolute atomic E-state index is 13.9. The summed E-state index contributed by atoms with van der Waals surface area (Å²) in [6.07, 6.45) is 2.43. The topological polar surface area (TPSA) is 196 Å². The predicted octanol–water partition coefficient (Wildman–Crippen LogP) is 6.34. The Morgan fingerprint density at radius 2 is 1.30 bits per heavy atom. The second-order valence-corrected chi connectivity index (χ2v) is 14.8. The van der Waals surface area contributed by atoms with Crippen LogP contribution in [0.4, 0.5) is 0 Å². The van der Waals surface area contributed by atoms with Gasteiger partial charge in [0.05, 0.1) is 0 Å². The minimum atomic E-state index is -1.09. The molecule has 5 rings (SSSR count). The number of carbonyl (C=O) groups is 4. The molecule has 0 aliphatic rings. The minimum absolute atomic E-state index is 0. The molecule has 0 fully saturated rings. The molecule has 61 heavy (non-hydrogen) atoms. The Hall–Kier alpha value is -6.60. The number of esters is 1. The van der Waals surface area contributed by atoms with E-state index in [1.54, 1.807) is 6.08 Å². The Bertz CT molecular complexity index is 2320. The minimum Gasteiger partial charge on any atom is -0.489 e. The third-order valence-electron chi connectivity index (χ3n) is 9.62. The van der Waals surface area contributed by atoms with Gasteiger partial charge in [0.15, 0.2) is 12.6 Å². The lowest BCUT2D eigenvalue weighted by atomic mass is 9.92. The van der Waals surface area contributed by atoms with Gasteiger partial charge >= 0.3 is 5.97 Å². The number of hydrogen-bond donors (Lipinski definition) is 5. The van der Waals surface area contributed by atoms with E-state index < -0.39 is 48.4 Å². The van der Waals surface area contributed by atoms with Gasteiger partial charge in [0.2, 0.25) is 11.8 Å². The highest BCUT2D eigenvalue weighted by Crippen LogP contribution is 2.45. The van der Waals surface area contributed by atoms with Crippen molar-refractivity contribution in [2.24, 2.45) is 22.4 Å². The fraction of sp³-hybridized carbons (Fsp3) is 0.298. The molecule has 0 heterocycles. The van der Waals surface area contributed by atoms with Crippen LogP contribution in [0.15, 0.2) is 121 Å². The van der Waals surface area contributed by atoms with Crippen molar-refractivity contribution < 1.29 is 33.4 Å². The smallest absolute Gasteiger partial charge is 0.328 e. The van der Waals surface area contributed by atoms with E-state index in [1.165, 1.54) is 6.92 Å². The highest BCUT2D eigenvalue weighted by atomic mass is 35.5. The number of ether oxygens (including phenoxy) is 3. The molecule has 0 aliphatic heterocycles. The van der Waals surface area contributed by atoms with Gasteiger partial charge in [0, 0.05) is 17.7 Å². The Morgan fingerprint density at radius 1 is 0.721 bits per heavy atom. The van der Waals surface area contributed by atoms with Gasteiger partial charge < -0.3 is 41.6 Å². The van der Waals surface area contributed by atoms with Gasteiger partial charge in [-0.2, -0.15) is 0 Å². The zero-order valence-electron chi connectivity index (χ0n) is 34.7. The summed E-state index contributed by atoms with van der Waals surface area (Å²) in [4.78, 5) is 58.0. The summed E-state index contributed by atoms with van der Waals surface area (Å²) >= 11 is 0. The molecule has 0 aliphatic carbocycles. The number of nitrogens with two attached hydrogens (primary N) is 2. The molecule has 0 spiro atoms. The summed E-state index contributed by atoms with van der Waals surface area (Å²) < 4.78 is 17.9. The van der Waals surface area contributed by atoms with Crippen molar-refractivity contribution in [3.63, 3.8) is 0 Å². The zero-order chi connectivity index (χ0) is 43.0. The number of hydrogen-bond acceptors (Lipinski definition) is 8. The summed E-state index contributed by atoms with van der Waals surface area (Å²) in [5.74, 6) is -1.41. The molecule has 0 saturated carbocycles. The number of benzene rings is 5. The molecule has 5 aromatic rings. The van der Waals surface area contributed by atoms with Crippen LogP contribution in [0.1, 0.15) is 45.6 Å². The highest BCUT2D eigenvalue weighted by Gasteiger charge is 2.29. The van der Waals surface area contributed by atoms with E-state index in [1.807, 2.05) is 117 Å². The van der Waals surface area contributed by atoms with Crippen LogP contribution < -0.4 is 36.9 Å². The number of amides is 3. The molecule has 14 heteroatoms. The van der Waals surface area contributed by atoms with Crippen molar-refractivity contribution in [1.82, 2.24) is 16.0 Å². The SMILES string of the molecule is C=CCOc1ccc2ccccc2c1-c1c(OCC(=O)N[C@H](CC(C)C)C(=O)N[C@H](CCCN=C(N)N)C(=O)N[C@@H](C)C(=O)OCc2ccccc2)ccc2ccccc12.Cl. The molecule has 0 bridgehead atoms. The lowest BCUT2D eigenvalue weighted by Crippen LogP contribution is -2.56. The molecular weight excluding hydrogens is 796 g/mol. The molecule has 0 aromatic heterocycles. The summed E-state index contributed by atoms with van der Waals surface area (Å²) in [6, 6.07) is 29.6. The van der Waals surface area contributed by atoms with Crippen molar-refractivity contribution in [2.75, 3.05) is 19.8 Å². The molecule has 0 saturated heterocycles. The van der Waals surface area contributed by atoms with Crippen molar-refractivity contribution in [2.45, 2.75) is 64.8 Å². The van der Waals surface area contributed by atoms with Crippen LogP contribution in [0.3, 0.4) is 0 Å². The van der Waals surface area contributed by atoms with E-state index in [0.717, 1.165) is 38.2 Å². The standard InChI is InChI=1S/C47H54N6O7.ClH/c1-5-26-58-39-23-21-33-16-9-11-18-35(33)42(39)43-36-19-12-10-17-34(36)22-24-40(43)59-29-41(54)52-38(27-30(2)3)45(56)53-37(20-13-25-50-47(48)49)44(55)51-31(4)46(57)60-28-32-14-7-6-8-15-32;/h5-12,14-19,21-24,30-31,37-38H,1,13,20,25-29H2,2-4H3,(H,51,55)(H,52,54)(H,53,56)(H4,48,49,50);1H/t31-,37+,38+;/m0./s1. The maximum atomic E-state index is 13.9. The van der Waals surface area contributed by atoms with Crippen molar-refractivity contribution >= 4 is 63.6 Å². The zero-order valence-corrected chi connectivity index (χ0v) is 35.5. The van der Waals surface area contributed by atoms with Crippen LogP contribution in [0.5, 0.6) is 11.5 Å². The molecule has 5 aromatic carbocycles. The molecule has 0 radical (unpaired) electrons. The van der Waals surface area contributed by atoms with E-state index in [4.69, 9.17) is 25.7 Å². The number of fused-ring (bicyclic) bond motifs is 2. The third-order valence-corrected chi connectivity index (χ3v) is 9.62. The van der Waals surface area contributed by atoms with E-state index in [0.29, 0.717) is 17.9 Å². The van der Waals surface area contributed by atoms with Crippen LogP contribution in [-0.2, 0) is 30.5 Å². The Balaban J connectivity index is 0.00000819. The average Bonchev–Trinajstić information content (AvgIpc) is 3.24. The predicted molar refractivity (Wildman–Crippen MR) is 242 cm³/mol.